The van der Waals surface area contributed by atoms with E-state index in [1.165, 1.54) is 0 Å². The minimum absolute atomic E-state index is 0.0401. The predicted molar refractivity (Wildman–Crippen MR) is 65.3 cm³/mol. The summed E-state index contributed by atoms with van der Waals surface area (Å²) in [6, 6.07) is 10.0. The number of methoxy groups -OCH3 is 1. The molecule has 2 N–H and O–H groups in total. The van der Waals surface area contributed by atoms with Crippen LogP contribution in [0, 0.1) is 0 Å². The Morgan fingerprint density at radius 1 is 1.19 bits per heavy atom. The molecule has 1 aromatic carbocycles. The molecule has 3 atom stereocenters. The minimum atomic E-state index is -0.0775. The van der Waals surface area contributed by atoms with Crippen molar-refractivity contribution in [1.82, 2.24) is 0 Å². The van der Waals surface area contributed by atoms with Crippen molar-refractivity contribution >= 4 is 0 Å². The maximum absolute atomic E-state index is 5.95. The van der Waals surface area contributed by atoms with Gasteiger partial charge < -0.3 is 15.2 Å². The van der Waals surface area contributed by atoms with Crippen molar-refractivity contribution in [3.63, 3.8) is 0 Å². The average Bonchev–Trinajstić information content (AvgIpc) is 2.27. The Morgan fingerprint density at radius 2 is 1.81 bits per heavy atom. The third kappa shape index (κ3) is 3.93. The van der Waals surface area contributed by atoms with Gasteiger partial charge in [0.2, 0.25) is 0 Å². The molecule has 16 heavy (non-hydrogen) atoms. The second-order valence-corrected chi connectivity index (χ2v) is 4.09. The third-order valence-corrected chi connectivity index (χ3v) is 2.39. The predicted octanol–water partition coefficient (Wildman–Crippen LogP) is 2.13. The summed E-state index contributed by atoms with van der Waals surface area (Å²) in [5.74, 6) is 0. The molecule has 0 aromatic heterocycles. The molecule has 0 amide bonds. The Labute approximate surface area is 97.6 Å². The first kappa shape index (κ1) is 13.2. The topological polar surface area (TPSA) is 44.5 Å². The van der Waals surface area contributed by atoms with Gasteiger partial charge in [-0.05, 0) is 19.4 Å². The van der Waals surface area contributed by atoms with Gasteiger partial charge in [-0.1, -0.05) is 30.3 Å². The summed E-state index contributed by atoms with van der Waals surface area (Å²) in [7, 11) is 1.67. The number of rotatable bonds is 6. The van der Waals surface area contributed by atoms with Crippen LogP contribution in [0.15, 0.2) is 30.3 Å². The van der Waals surface area contributed by atoms with Crippen LogP contribution >= 0.6 is 0 Å². The molecule has 3 unspecified atom stereocenters. The summed E-state index contributed by atoms with van der Waals surface area (Å²) in [6.45, 7) is 4.52. The van der Waals surface area contributed by atoms with Gasteiger partial charge in [-0.2, -0.15) is 0 Å². The van der Waals surface area contributed by atoms with Crippen molar-refractivity contribution in [2.24, 2.45) is 5.73 Å². The van der Waals surface area contributed by atoms with Gasteiger partial charge in [0.25, 0.3) is 0 Å². The fourth-order valence-electron chi connectivity index (χ4n) is 1.67. The highest BCUT2D eigenvalue weighted by Crippen LogP contribution is 2.21. The lowest BCUT2D eigenvalue weighted by Crippen LogP contribution is -2.31. The zero-order valence-corrected chi connectivity index (χ0v) is 10.2. The zero-order valence-electron chi connectivity index (χ0n) is 10.2. The highest BCUT2D eigenvalue weighted by molar-refractivity contribution is 5.18. The lowest BCUT2D eigenvalue weighted by Gasteiger charge is -2.25. The largest absolute Gasteiger partial charge is 0.382 e. The average molecular weight is 223 g/mol. The first-order valence-electron chi connectivity index (χ1n) is 5.60. The Morgan fingerprint density at radius 3 is 2.31 bits per heavy atom. The fraction of sp³-hybridized carbons (Fsp3) is 0.538. The quantitative estimate of drug-likeness (QED) is 0.803. The van der Waals surface area contributed by atoms with Crippen molar-refractivity contribution < 1.29 is 9.47 Å². The maximum atomic E-state index is 5.95. The van der Waals surface area contributed by atoms with Gasteiger partial charge in [0.1, 0.15) is 0 Å². The van der Waals surface area contributed by atoms with E-state index in [0.29, 0.717) is 6.61 Å². The van der Waals surface area contributed by atoms with E-state index in [1.54, 1.807) is 7.11 Å². The molecule has 0 fully saturated rings. The van der Waals surface area contributed by atoms with Crippen LogP contribution in [0.3, 0.4) is 0 Å². The summed E-state index contributed by atoms with van der Waals surface area (Å²) in [5.41, 5.74) is 7.06. The number of nitrogens with two attached hydrogens (primary N) is 1. The van der Waals surface area contributed by atoms with E-state index in [9.17, 15) is 0 Å². The first-order valence-corrected chi connectivity index (χ1v) is 5.60. The molecule has 0 bridgehead atoms. The summed E-state index contributed by atoms with van der Waals surface area (Å²) >= 11 is 0. The molecule has 0 aliphatic rings. The van der Waals surface area contributed by atoms with E-state index < -0.39 is 0 Å². The molecular formula is C13H21NO2. The highest BCUT2D eigenvalue weighted by atomic mass is 16.5. The van der Waals surface area contributed by atoms with Crippen molar-refractivity contribution in [2.75, 3.05) is 13.7 Å². The molecule has 0 heterocycles. The second kappa shape index (κ2) is 6.63. The van der Waals surface area contributed by atoms with Gasteiger partial charge in [-0.15, -0.1) is 0 Å². The monoisotopic (exact) mass is 223 g/mol. The summed E-state index contributed by atoms with van der Waals surface area (Å²) in [6.07, 6.45) is -0.0347. The number of benzene rings is 1. The van der Waals surface area contributed by atoms with Crippen molar-refractivity contribution in [1.29, 1.82) is 0 Å². The van der Waals surface area contributed by atoms with Crippen LogP contribution in [-0.4, -0.2) is 25.9 Å². The van der Waals surface area contributed by atoms with Crippen molar-refractivity contribution in [3.8, 4) is 0 Å². The normalized spacial score (nSPS) is 16.8. The molecule has 0 aliphatic carbocycles. The molecule has 0 spiro atoms. The van der Waals surface area contributed by atoms with E-state index in [-0.39, 0.29) is 18.2 Å². The molecular weight excluding hydrogens is 202 g/mol. The molecule has 0 aliphatic heterocycles. The van der Waals surface area contributed by atoms with Crippen LogP contribution < -0.4 is 5.73 Å². The molecule has 90 valence electrons. The maximum Gasteiger partial charge on any atom is 0.0977 e. The van der Waals surface area contributed by atoms with E-state index in [4.69, 9.17) is 15.2 Å². The van der Waals surface area contributed by atoms with E-state index >= 15 is 0 Å². The van der Waals surface area contributed by atoms with Gasteiger partial charge in [0.05, 0.1) is 18.8 Å². The Kier molecular flexibility index (Phi) is 5.46. The van der Waals surface area contributed by atoms with E-state index in [2.05, 4.69) is 0 Å². The summed E-state index contributed by atoms with van der Waals surface area (Å²) in [5, 5.41) is 0. The van der Waals surface area contributed by atoms with Crippen molar-refractivity contribution in [3.05, 3.63) is 35.9 Å². The third-order valence-electron chi connectivity index (χ3n) is 2.39. The van der Waals surface area contributed by atoms with E-state index in [1.807, 2.05) is 44.2 Å². The number of ether oxygens (including phenoxy) is 2. The van der Waals surface area contributed by atoms with Gasteiger partial charge in [0.15, 0.2) is 0 Å². The Bertz CT molecular complexity index is 287. The lowest BCUT2D eigenvalue weighted by atomic mass is 10.0. The minimum Gasteiger partial charge on any atom is -0.382 e. The molecule has 3 heteroatoms. The molecule has 0 saturated carbocycles. The number of hydrogen-bond donors (Lipinski definition) is 1. The van der Waals surface area contributed by atoms with Gasteiger partial charge >= 0.3 is 0 Å². The SMILES string of the molecule is COCC(C)OC(c1ccccc1)C(C)N. The second-order valence-electron chi connectivity index (χ2n) is 4.09. The van der Waals surface area contributed by atoms with Gasteiger partial charge in [-0.3, -0.25) is 0 Å². The van der Waals surface area contributed by atoms with Crippen LogP contribution in [0.1, 0.15) is 25.5 Å². The van der Waals surface area contributed by atoms with E-state index in [0.717, 1.165) is 5.56 Å². The van der Waals surface area contributed by atoms with Crippen LogP contribution in [-0.2, 0) is 9.47 Å². The molecule has 1 aromatic rings. The van der Waals surface area contributed by atoms with Gasteiger partial charge in [0, 0.05) is 13.2 Å². The Hall–Kier alpha value is -0.900. The fourth-order valence-corrected chi connectivity index (χ4v) is 1.67. The number of hydrogen-bond acceptors (Lipinski definition) is 3. The Balaban J connectivity index is 2.69. The molecule has 1 rings (SSSR count). The van der Waals surface area contributed by atoms with Crippen LogP contribution in [0.4, 0.5) is 0 Å². The molecule has 0 radical (unpaired) electrons. The lowest BCUT2D eigenvalue weighted by molar-refractivity contribution is -0.0481. The van der Waals surface area contributed by atoms with Gasteiger partial charge in [-0.25, -0.2) is 0 Å². The molecule has 3 nitrogen and oxygen atoms in total. The molecule has 0 saturated heterocycles. The van der Waals surface area contributed by atoms with Crippen LogP contribution in [0.2, 0.25) is 0 Å². The zero-order chi connectivity index (χ0) is 12.0. The smallest absolute Gasteiger partial charge is 0.0977 e. The summed E-state index contributed by atoms with van der Waals surface area (Å²) in [4.78, 5) is 0. The van der Waals surface area contributed by atoms with Crippen LogP contribution in [0.5, 0.6) is 0 Å². The van der Waals surface area contributed by atoms with Crippen LogP contribution in [0.25, 0.3) is 0 Å². The first-order chi connectivity index (χ1) is 7.65. The highest BCUT2D eigenvalue weighted by Gasteiger charge is 2.19. The summed E-state index contributed by atoms with van der Waals surface area (Å²) < 4.78 is 10.9. The standard InChI is InChI=1S/C13H21NO2/c1-10(9-15-3)16-13(11(2)14)12-7-5-4-6-8-12/h4-8,10-11,13H,9,14H2,1-3H3. The van der Waals surface area contributed by atoms with Crippen molar-refractivity contribution in [2.45, 2.75) is 32.1 Å².